The third-order valence-electron chi connectivity index (χ3n) is 4.18. The van der Waals surface area contributed by atoms with Crippen LogP contribution in [0.15, 0.2) is 65.5 Å². The van der Waals surface area contributed by atoms with Gasteiger partial charge in [0, 0.05) is 29.9 Å². The van der Waals surface area contributed by atoms with Crippen molar-refractivity contribution in [2.45, 2.75) is 6.54 Å². The molecule has 2 heterocycles. The van der Waals surface area contributed by atoms with Crippen LogP contribution in [0.25, 0.3) is 11.3 Å². The van der Waals surface area contributed by atoms with Crippen molar-refractivity contribution >= 4 is 11.7 Å². The number of benzene rings is 2. The summed E-state index contributed by atoms with van der Waals surface area (Å²) in [6, 6.07) is 17.5. The lowest BCUT2D eigenvalue weighted by Crippen LogP contribution is -2.34. The molecule has 2 N–H and O–H groups in total. The Hall–Kier alpha value is -3.81. The van der Waals surface area contributed by atoms with Crippen molar-refractivity contribution < 1.29 is 14.3 Å². The van der Waals surface area contributed by atoms with Gasteiger partial charge in [0.05, 0.1) is 12.2 Å². The maximum absolute atomic E-state index is 12.1. The van der Waals surface area contributed by atoms with Gasteiger partial charge in [0.15, 0.2) is 11.5 Å². The fraction of sp³-hybridized carbons (Fsp3) is 0.150. The largest absolute Gasteiger partial charge is 0.454 e. The van der Waals surface area contributed by atoms with E-state index in [1.54, 1.807) is 24.3 Å². The summed E-state index contributed by atoms with van der Waals surface area (Å²) in [5.74, 6) is 1.24. The molecule has 0 saturated carbocycles. The third-order valence-corrected chi connectivity index (χ3v) is 4.18. The van der Waals surface area contributed by atoms with E-state index in [-0.39, 0.29) is 31.5 Å². The van der Waals surface area contributed by atoms with E-state index in [0.717, 1.165) is 5.56 Å². The lowest BCUT2D eigenvalue weighted by molar-refractivity contribution is 0.174. The molecule has 0 unspecified atom stereocenters. The fourth-order valence-electron chi connectivity index (χ4n) is 2.80. The predicted octanol–water partition coefficient (Wildman–Crippen LogP) is 2.46. The molecule has 0 radical (unpaired) electrons. The number of hydrogen-bond acceptors (Lipinski definition) is 5. The molecule has 8 heteroatoms. The summed E-state index contributed by atoms with van der Waals surface area (Å²) in [5.41, 5.74) is 1.98. The Kier molecular flexibility index (Phi) is 4.92. The van der Waals surface area contributed by atoms with Gasteiger partial charge in [-0.25, -0.2) is 9.48 Å². The van der Waals surface area contributed by atoms with E-state index in [1.807, 2.05) is 30.3 Å². The zero-order valence-corrected chi connectivity index (χ0v) is 14.9. The molecule has 0 atom stereocenters. The highest BCUT2D eigenvalue weighted by molar-refractivity contribution is 5.89. The Bertz CT molecular complexity index is 1050. The molecule has 1 aliphatic rings. The Balaban J connectivity index is 1.34. The van der Waals surface area contributed by atoms with Gasteiger partial charge in [-0.05, 0) is 18.2 Å². The van der Waals surface area contributed by atoms with E-state index >= 15 is 0 Å². The first-order chi connectivity index (χ1) is 13.7. The molecule has 4 rings (SSSR count). The van der Waals surface area contributed by atoms with Gasteiger partial charge in [-0.3, -0.25) is 4.79 Å². The zero-order chi connectivity index (χ0) is 19.3. The van der Waals surface area contributed by atoms with E-state index in [9.17, 15) is 9.59 Å². The third kappa shape index (κ3) is 3.96. The number of urea groups is 1. The average Bonchev–Trinajstić information content (AvgIpc) is 3.18. The number of carbonyl (C=O) groups excluding carboxylic acids is 1. The highest BCUT2D eigenvalue weighted by atomic mass is 16.7. The Morgan fingerprint density at radius 3 is 2.71 bits per heavy atom. The van der Waals surface area contributed by atoms with Crippen LogP contribution in [0.4, 0.5) is 10.5 Å². The number of hydrogen-bond donors (Lipinski definition) is 2. The van der Waals surface area contributed by atoms with E-state index in [1.165, 1.54) is 10.7 Å². The topological polar surface area (TPSA) is 94.5 Å². The van der Waals surface area contributed by atoms with Crippen LogP contribution < -0.4 is 25.7 Å². The summed E-state index contributed by atoms with van der Waals surface area (Å²) >= 11 is 0. The number of rotatable bonds is 5. The molecule has 3 aromatic rings. The maximum atomic E-state index is 12.1. The molecule has 8 nitrogen and oxygen atoms in total. The second kappa shape index (κ2) is 7.83. The summed E-state index contributed by atoms with van der Waals surface area (Å²) in [6.45, 7) is 0.685. The average molecular weight is 378 g/mol. The minimum Gasteiger partial charge on any atom is -0.454 e. The van der Waals surface area contributed by atoms with Gasteiger partial charge in [-0.15, -0.1) is 0 Å². The molecule has 1 aliphatic heterocycles. The van der Waals surface area contributed by atoms with Gasteiger partial charge in [0.1, 0.15) is 0 Å². The number of ether oxygens (including phenoxy) is 2. The highest BCUT2D eigenvalue weighted by Crippen LogP contribution is 2.34. The molecular formula is C20H18N4O4. The number of fused-ring (bicyclic) bond motifs is 1. The lowest BCUT2D eigenvalue weighted by Gasteiger charge is -2.10. The molecule has 1 aromatic heterocycles. The molecular weight excluding hydrogens is 360 g/mol. The Morgan fingerprint density at radius 2 is 1.86 bits per heavy atom. The first-order valence-electron chi connectivity index (χ1n) is 8.77. The van der Waals surface area contributed by atoms with E-state index in [4.69, 9.17) is 9.47 Å². The standard InChI is InChI=1S/C20H18N4O4/c25-19-9-7-16(14-4-2-1-3-5-14)23-24(19)11-10-21-20(26)22-15-6-8-17-18(12-15)28-13-27-17/h1-9,12H,10-11,13H2,(H2,21,22,26). The summed E-state index contributed by atoms with van der Waals surface area (Å²) in [6.07, 6.45) is 0. The smallest absolute Gasteiger partial charge is 0.319 e. The zero-order valence-electron chi connectivity index (χ0n) is 14.9. The summed E-state index contributed by atoms with van der Waals surface area (Å²) in [4.78, 5) is 24.1. The van der Waals surface area contributed by atoms with E-state index < -0.39 is 0 Å². The SMILES string of the molecule is O=C(NCCn1nc(-c2ccccc2)ccc1=O)Nc1ccc2c(c1)OCO2. The normalized spacial score (nSPS) is 11.9. The molecule has 0 bridgehead atoms. The Labute approximate surface area is 160 Å². The number of amides is 2. The van der Waals surface area contributed by atoms with Crippen molar-refractivity contribution in [1.82, 2.24) is 15.1 Å². The van der Waals surface area contributed by atoms with Crippen LogP contribution >= 0.6 is 0 Å². The minimum atomic E-state index is -0.383. The second-order valence-corrected chi connectivity index (χ2v) is 6.09. The van der Waals surface area contributed by atoms with Crippen molar-refractivity contribution in [3.63, 3.8) is 0 Å². The lowest BCUT2D eigenvalue weighted by atomic mass is 10.1. The molecule has 2 aromatic carbocycles. The number of nitrogens with zero attached hydrogens (tertiary/aromatic N) is 2. The van der Waals surface area contributed by atoms with Crippen LogP contribution in [0.1, 0.15) is 0 Å². The first-order valence-corrected chi connectivity index (χ1v) is 8.77. The van der Waals surface area contributed by atoms with Gasteiger partial charge in [0.25, 0.3) is 5.56 Å². The molecule has 2 amide bonds. The summed E-state index contributed by atoms with van der Waals surface area (Å²) in [7, 11) is 0. The number of aromatic nitrogens is 2. The number of anilines is 1. The van der Waals surface area contributed by atoms with Crippen molar-refractivity contribution in [2.75, 3.05) is 18.7 Å². The summed E-state index contributed by atoms with van der Waals surface area (Å²) < 4.78 is 11.9. The van der Waals surface area contributed by atoms with Gasteiger partial charge in [-0.2, -0.15) is 5.10 Å². The van der Waals surface area contributed by atoms with Crippen molar-refractivity contribution in [2.24, 2.45) is 0 Å². The molecule has 0 saturated heterocycles. The van der Waals surface area contributed by atoms with Gasteiger partial charge in [0.2, 0.25) is 6.79 Å². The van der Waals surface area contributed by atoms with E-state index in [2.05, 4.69) is 15.7 Å². The van der Waals surface area contributed by atoms with Crippen LogP contribution in [0, 0.1) is 0 Å². The quantitative estimate of drug-likeness (QED) is 0.711. The molecule has 28 heavy (non-hydrogen) atoms. The van der Waals surface area contributed by atoms with Crippen LogP contribution in [-0.4, -0.2) is 29.1 Å². The second-order valence-electron chi connectivity index (χ2n) is 6.09. The highest BCUT2D eigenvalue weighted by Gasteiger charge is 2.14. The molecule has 0 fully saturated rings. The van der Waals surface area contributed by atoms with E-state index in [0.29, 0.717) is 22.9 Å². The summed E-state index contributed by atoms with van der Waals surface area (Å²) in [5, 5.41) is 9.79. The van der Waals surface area contributed by atoms with Crippen LogP contribution in [-0.2, 0) is 6.54 Å². The first kappa shape index (κ1) is 17.6. The van der Waals surface area contributed by atoms with Crippen molar-refractivity contribution in [1.29, 1.82) is 0 Å². The molecule has 142 valence electrons. The van der Waals surface area contributed by atoms with Crippen molar-refractivity contribution in [3.8, 4) is 22.8 Å². The van der Waals surface area contributed by atoms with Gasteiger partial charge >= 0.3 is 6.03 Å². The number of nitrogens with one attached hydrogen (secondary N) is 2. The minimum absolute atomic E-state index is 0.175. The van der Waals surface area contributed by atoms with Crippen LogP contribution in [0.2, 0.25) is 0 Å². The molecule has 0 aliphatic carbocycles. The monoisotopic (exact) mass is 378 g/mol. The molecule has 0 spiro atoms. The fourth-order valence-corrected chi connectivity index (χ4v) is 2.80. The Morgan fingerprint density at radius 1 is 1.04 bits per heavy atom. The van der Waals surface area contributed by atoms with Crippen LogP contribution in [0.3, 0.4) is 0 Å². The maximum Gasteiger partial charge on any atom is 0.319 e. The number of carbonyl (C=O) groups is 1. The van der Waals surface area contributed by atoms with Gasteiger partial charge in [-0.1, -0.05) is 30.3 Å². The van der Waals surface area contributed by atoms with Crippen molar-refractivity contribution in [3.05, 3.63) is 71.0 Å². The van der Waals surface area contributed by atoms with Gasteiger partial charge < -0.3 is 20.1 Å². The predicted molar refractivity (Wildman–Crippen MR) is 104 cm³/mol. The van der Waals surface area contributed by atoms with Crippen LogP contribution in [0.5, 0.6) is 11.5 Å².